The van der Waals surface area contributed by atoms with Gasteiger partial charge in [0.25, 0.3) is 11.6 Å². The van der Waals surface area contributed by atoms with Crippen LogP contribution in [0.5, 0.6) is 0 Å². The van der Waals surface area contributed by atoms with Gasteiger partial charge in [-0.25, -0.2) is 9.96 Å². The molecular weight excluding hydrogens is 469 g/mol. The van der Waals surface area contributed by atoms with Gasteiger partial charge in [-0.2, -0.15) is 0 Å². The third-order valence-corrected chi connectivity index (χ3v) is 6.47. The van der Waals surface area contributed by atoms with E-state index in [-0.39, 0.29) is 10.7 Å². The van der Waals surface area contributed by atoms with Crippen LogP contribution in [0.1, 0.15) is 11.6 Å². The minimum absolute atomic E-state index is 0.0771. The quantitative estimate of drug-likeness (QED) is 0.296. The first-order valence-electron chi connectivity index (χ1n) is 9.95. The van der Waals surface area contributed by atoms with Gasteiger partial charge in [0.05, 0.1) is 32.4 Å². The molecule has 0 saturated carbocycles. The normalized spacial score (nSPS) is 22.1. The lowest BCUT2D eigenvalue weighted by Gasteiger charge is -2.28. The molecule has 0 unspecified atom stereocenters. The van der Waals surface area contributed by atoms with Gasteiger partial charge in [0, 0.05) is 12.1 Å². The molecule has 0 radical (unpaired) electrons. The molecule has 0 N–H and O–H groups in total. The second-order valence-electron chi connectivity index (χ2n) is 7.62. The smallest absolute Gasteiger partial charge is 0.269 e. The molecule has 2 saturated heterocycles. The molecule has 2 aliphatic rings. The largest absolute Gasteiger partial charge is 0.273 e. The fourth-order valence-electron chi connectivity index (χ4n) is 4.22. The van der Waals surface area contributed by atoms with E-state index in [9.17, 15) is 19.7 Å². The Kier molecular flexibility index (Phi) is 5.28. The van der Waals surface area contributed by atoms with Crippen LogP contribution in [0.15, 0.2) is 72.8 Å². The summed E-state index contributed by atoms with van der Waals surface area (Å²) in [4.78, 5) is 44.5. The van der Waals surface area contributed by atoms with E-state index >= 15 is 0 Å². The van der Waals surface area contributed by atoms with Crippen LogP contribution in [-0.2, 0) is 14.4 Å². The highest BCUT2D eigenvalue weighted by Gasteiger charge is 2.60. The highest BCUT2D eigenvalue weighted by Crippen LogP contribution is 2.48. The number of imide groups is 1. The summed E-state index contributed by atoms with van der Waals surface area (Å²) in [6.45, 7) is 0. The van der Waals surface area contributed by atoms with Crippen LogP contribution < -0.4 is 9.96 Å². The molecule has 2 heterocycles. The lowest BCUT2D eigenvalue weighted by molar-refractivity contribution is -0.384. The molecule has 2 amide bonds. The summed E-state index contributed by atoms with van der Waals surface area (Å²) < 4.78 is 0. The summed E-state index contributed by atoms with van der Waals surface area (Å²) in [5.41, 5.74) is 1.48. The number of nitro benzene ring substituents is 1. The Labute approximate surface area is 198 Å². The number of carbonyl (C=O) groups is 2. The Hall–Kier alpha value is -3.46. The van der Waals surface area contributed by atoms with E-state index in [2.05, 4.69) is 0 Å². The van der Waals surface area contributed by atoms with Crippen molar-refractivity contribution in [1.82, 2.24) is 0 Å². The second kappa shape index (κ2) is 8.15. The number of rotatable bonds is 4. The first-order chi connectivity index (χ1) is 15.9. The number of amides is 2. The summed E-state index contributed by atoms with van der Waals surface area (Å²) in [6, 6.07) is 18.8. The molecule has 10 heteroatoms. The summed E-state index contributed by atoms with van der Waals surface area (Å²) in [6.07, 6.45) is -1.06. The average molecular weight is 484 g/mol. The van der Waals surface area contributed by atoms with E-state index in [4.69, 9.17) is 28.0 Å². The predicted molar refractivity (Wildman–Crippen MR) is 122 cm³/mol. The molecule has 8 nitrogen and oxygen atoms in total. The Balaban J connectivity index is 1.58. The topological polar surface area (TPSA) is 93.0 Å². The van der Waals surface area contributed by atoms with Gasteiger partial charge in [0.1, 0.15) is 5.92 Å². The van der Waals surface area contributed by atoms with E-state index in [0.717, 1.165) is 4.90 Å². The highest BCUT2D eigenvalue weighted by atomic mass is 35.5. The van der Waals surface area contributed by atoms with Crippen LogP contribution in [0.25, 0.3) is 0 Å². The van der Waals surface area contributed by atoms with Crippen molar-refractivity contribution in [2.75, 3.05) is 9.96 Å². The molecule has 3 atom stereocenters. The molecule has 2 fully saturated rings. The molecule has 5 rings (SSSR count). The molecule has 0 bridgehead atoms. The molecule has 3 aromatic rings. The SMILES string of the molecule is O=C1[C@@H]2[C@H](ON(c3ccccc3)[C@H]2c2ccc([N+](=O)[O-])cc2)C(=O)N1c1ccc(Cl)c(Cl)c1. The number of hydroxylamine groups is 1. The van der Waals surface area contributed by atoms with Crippen LogP contribution in [0.3, 0.4) is 0 Å². The highest BCUT2D eigenvalue weighted by molar-refractivity contribution is 6.42. The van der Waals surface area contributed by atoms with Crippen molar-refractivity contribution in [3.63, 3.8) is 0 Å². The third-order valence-electron chi connectivity index (χ3n) is 5.73. The lowest BCUT2D eigenvalue weighted by atomic mass is 9.90. The predicted octanol–water partition coefficient (Wildman–Crippen LogP) is 4.95. The molecular formula is C23H15Cl2N3O5. The first-order valence-corrected chi connectivity index (χ1v) is 10.7. The maximum Gasteiger partial charge on any atom is 0.269 e. The van der Waals surface area contributed by atoms with Gasteiger partial charge in [-0.1, -0.05) is 53.5 Å². The zero-order valence-corrected chi connectivity index (χ0v) is 18.3. The van der Waals surface area contributed by atoms with Crippen LogP contribution in [0, 0.1) is 16.0 Å². The minimum Gasteiger partial charge on any atom is -0.273 e. The van der Waals surface area contributed by atoms with E-state index < -0.39 is 34.8 Å². The number of nitro groups is 1. The van der Waals surface area contributed by atoms with Gasteiger partial charge < -0.3 is 0 Å². The first kappa shape index (κ1) is 21.4. The lowest BCUT2D eigenvalue weighted by Crippen LogP contribution is -2.37. The van der Waals surface area contributed by atoms with Gasteiger partial charge >= 0.3 is 0 Å². The molecule has 0 spiro atoms. The van der Waals surface area contributed by atoms with Crippen LogP contribution in [0.4, 0.5) is 17.1 Å². The molecule has 2 aliphatic heterocycles. The number of nitrogens with zero attached hydrogens (tertiary/aromatic N) is 3. The van der Waals surface area contributed by atoms with Gasteiger partial charge in [-0.05, 0) is 35.9 Å². The molecule has 3 aromatic carbocycles. The van der Waals surface area contributed by atoms with Crippen molar-refractivity contribution in [3.05, 3.63) is 98.5 Å². The van der Waals surface area contributed by atoms with Crippen molar-refractivity contribution >= 4 is 52.1 Å². The number of anilines is 2. The number of halogens is 2. The van der Waals surface area contributed by atoms with E-state index in [0.29, 0.717) is 22.0 Å². The summed E-state index contributed by atoms with van der Waals surface area (Å²) >= 11 is 12.1. The number of fused-ring (bicyclic) bond motifs is 1. The number of non-ortho nitro benzene ring substituents is 1. The van der Waals surface area contributed by atoms with Gasteiger partial charge in [0.2, 0.25) is 5.91 Å². The second-order valence-corrected chi connectivity index (χ2v) is 8.43. The summed E-state index contributed by atoms with van der Waals surface area (Å²) in [7, 11) is 0. The number of hydrogen-bond acceptors (Lipinski definition) is 6. The van der Waals surface area contributed by atoms with Crippen molar-refractivity contribution in [2.24, 2.45) is 5.92 Å². The van der Waals surface area contributed by atoms with Crippen LogP contribution in [0.2, 0.25) is 10.0 Å². The van der Waals surface area contributed by atoms with Gasteiger partial charge in [-0.15, -0.1) is 0 Å². The Bertz CT molecular complexity index is 1270. The number of para-hydroxylation sites is 1. The van der Waals surface area contributed by atoms with Crippen molar-refractivity contribution in [2.45, 2.75) is 12.1 Å². The van der Waals surface area contributed by atoms with Crippen molar-refractivity contribution in [1.29, 1.82) is 0 Å². The fourth-order valence-corrected chi connectivity index (χ4v) is 4.52. The van der Waals surface area contributed by atoms with Crippen LogP contribution in [-0.4, -0.2) is 22.8 Å². The monoisotopic (exact) mass is 483 g/mol. The van der Waals surface area contributed by atoms with E-state index in [1.165, 1.54) is 29.3 Å². The summed E-state index contributed by atoms with van der Waals surface area (Å²) in [5, 5.41) is 13.1. The van der Waals surface area contributed by atoms with Crippen LogP contribution >= 0.6 is 23.2 Å². The summed E-state index contributed by atoms with van der Waals surface area (Å²) in [5.74, 6) is -1.84. The number of hydrogen-bond donors (Lipinski definition) is 0. The van der Waals surface area contributed by atoms with Gasteiger partial charge in [-0.3, -0.25) is 24.5 Å². The molecule has 0 aliphatic carbocycles. The Morgan fingerprint density at radius 2 is 1.55 bits per heavy atom. The fraction of sp³-hybridized carbons (Fsp3) is 0.130. The molecule has 166 valence electrons. The number of benzene rings is 3. The van der Waals surface area contributed by atoms with E-state index in [1.807, 2.05) is 18.2 Å². The zero-order chi connectivity index (χ0) is 23.3. The van der Waals surface area contributed by atoms with Crippen molar-refractivity contribution in [3.8, 4) is 0 Å². The Morgan fingerprint density at radius 3 is 2.18 bits per heavy atom. The maximum atomic E-state index is 13.5. The van der Waals surface area contributed by atoms with E-state index in [1.54, 1.807) is 30.3 Å². The minimum atomic E-state index is -1.06. The van der Waals surface area contributed by atoms with Gasteiger partial charge in [0.15, 0.2) is 6.10 Å². The number of carbonyl (C=O) groups excluding carboxylic acids is 2. The maximum absolute atomic E-state index is 13.5. The zero-order valence-electron chi connectivity index (χ0n) is 16.8. The Morgan fingerprint density at radius 1 is 0.848 bits per heavy atom. The third kappa shape index (κ3) is 3.52. The standard InChI is InChI=1S/C23H15Cl2N3O5/c24-17-11-10-16(12-18(17)25)26-22(29)19-20(13-6-8-15(9-7-13)28(31)32)27(33-21(19)23(26)30)14-4-2-1-3-5-14/h1-12,19-21H/t19-,20-,21-/m0/s1. The average Bonchev–Trinajstić information content (AvgIpc) is 3.32. The molecule has 33 heavy (non-hydrogen) atoms. The van der Waals surface area contributed by atoms with Crippen molar-refractivity contribution < 1.29 is 19.3 Å². The molecule has 0 aromatic heterocycles.